The van der Waals surface area contributed by atoms with Gasteiger partial charge in [-0.3, -0.25) is 19.2 Å². The summed E-state index contributed by atoms with van der Waals surface area (Å²) in [6, 6.07) is 0. The molecule has 310 valence electrons. The SMILES string of the molecule is CCCCCCCCCCOC(=O)CC[C@@H](C)C1CC[C@H]2[C@@H]3[C@H](OC(=O)CCN)C[C@@H]4C[C@H](OC(=O)CCN)CC[C@]4(C)[C@H]3C[C@H](OC(=O)CCN)[C@]12C. The van der Waals surface area contributed by atoms with Crippen LogP contribution in [0.2, 0.25) is 0 Å². The monoisotopic (exact) mass is 762 g/mol. The summed E-state index contributed by atoms with van der Waals surface area (Å²) in [4.78, 5) is 51.7. The van der Waals surface area contributed by atoms with E-state index < -0.39 is 0 Å². The lowest BCUT2D eigenvalue weighted by molar-refractivity contribution is -0.225. The van der Waals surface area contributed by atoms with Crippen LogP contribution in [0.4, 0.5) is 0 Å². The number of hydrogen-bond donors (Lipinski definition) is 3. The number of fused-ring (bicyclic) bond motifs is 5. The van der Waals surface area contributed by atoms with Crippen molar-refractivity contribution in [3.8, 4) is 0 Å². The normalized spacial score (nSPS) is 33.5. The third kappa shape index (κ3) is 11.0. The topological polar surface area (TPSA) is 183 Å². The van der Waals surface area contributed by atoms with Crippen LogP contribution in [0, 0.1) is 46.3 Å². The van der Waals surface area contributed by atoms with Gasteiger partial charge in [0.05, 0.1) is 25.9 Å². The maximum atomic E-state index is 13.3. The molecule has 4 aliphatic carbocycles. The van der Waals surface area contributed by atoms with Crippen LogP contribution in [-0.4, -0.2) is 68.4 Å². The Balaban J connectivity index is 1.50. The summed E-state index contributed by atoms with van der Waals surface area (Å²) >= 11 is 0. The minimum atomic E-state index is -0.372. The highest BCUT2D eigenvalue weighted by Gasteiger charge is 2.67. The summed E-state index contributed by atoms with van der Waals surface area (Å²) in [7, 11) is 0. The van der Waals surface area contributed by atoms with Gasteiger partial charge in [-0.1, -0.05) is 72.6 Å². The average Bonchev–Trinajstić information content (AvgIpc) is 3.49. The number of rotatable bonds is 22. The summed E-state index contributed by atoms with van der Waals surface area (Å²) in [6.07, 6.45) is 15.9. The molecule has 54 heavy (non-hydrogen) atoms. The predicted molar refractivity (Wildman–Crippen MR) is 209 cm³/mol. The molecule has 4 saturated carbocycles. The highest BCUT2D eigenvalue weighted by atomic mass is 16.6. The molecule has 11 heteroatoms. The van der Waals surface area contributed by atoms with Crippen molar-refractivity contribution in [3.63, 3.8) is 0 Å². The molecule has 4 rings (SSSR count). The van der Waals surface area contributed by atoms with Gasteiger partial charge in [0, 0.05) is 37.4 Å². The third-order valence-corrected chi connectivity index (χ3v) is 14.4. The van der Waals surface area contributed by atoms with E-state index in [1.54, 1.807) is 0 Å². The lowest BCUT2D eigenvalue weighted by atomic mass is 9.43. The minimum Gasteiger partial charge on any atom is -0.466 e. The van der Waals surface area contributed by atoms with E-state index in [0.717, 1.165) is 38.5 Å². The highest BCUT2D eigenvalue weighted by molar-refractivity contribution is 5.71. The molecule has 0 spiro atoms. The first kappa shape index (κ1) is 44.5. The number of carbonyl (C=O) groups is 4. The van der Waals surface area contributed by atoms with E-state index in [1.165, 1.54) is 38.5 Å². The number of hydrogen-bond acceptors (Lipinski definition) is 11. The molecule has 0 aromatic carbocycles. The summed E-state index contributed by atoms with van der Waals surface area (Å²) in [5.41, 5.74) is 16.8. The smallest absolute Gasteiger partial charge is 0.307 e. The van der Waals surface area contributed by atoms with Crippen LogP contribution in [0.5, 0.6) is 0 Å². The molecule has 0 radical (unpaired) electrons. The Morgan fingerprint density at radius 1 is 0.685 bits per heavy atom. The Morgan fingerprint density at radius 3 is 1.94 bits per heavy atom. The van der Waals surface area contributed by atoms with E-state index in [4.69, 9.17) is 36.1 Å². The van der Waals surface area contributed by atoms with Gasteiger partial charge in [-0.05, 0) is 92.8 Å². The van der Waals surface area contributed by atoms with E-state index in [1.807, 2.05) is 0 Å². The van der Waals surface area contributed by atoms with Crippen LogP contribution in [0.25, 0.3) is 0 Å². The molecule has 11 nitrogen and oxygen atoms in total. The molecule has 0 saturated heterocycles. The molecule has 11 atom stereocenters. The Hall–Kier alpha value is -2.24. The molecule has 6 N–H and O–H groups in total. The van der Waals surface area contributed by atoms with Crippen molar-refractivity contribution in [2.75, 3.05) is 26.2 Å². The summed E-state index contributed by atoms with van der Waals surface area (Å²) in [5.74, 6) is -0.000836. The van der Waals surface area contributed by atoms with Crippen LogP contribution in [-0.2, 0) is 38.1 Å². The third-order valence-electron chi connectivity index (χ3n) is 14.4. The van der Waals surface area contributed by atoms with E-state index in [9.17, 15) is 19.2 Å². The van der Waals surface area contributed by atoms with Crippen molar-refractivity contribution < 1.29 is 38.1 Å². The molecule has 0 amide bonds. The fraction of sp³-hybridized carbons (Fsp3) is 0.907. The molecule has 0 aliphatic heterocycles. The van der Waals surface area contributed by atoms with Gasteiger partial charge in [-0.25, -0.2) is 0 Å². The fourth-order valence-electron chi connectivity index (χ4n) is 11.6. The first-order valence-corrected chi connectivity index (χ1v) is 21.8. The standard InChI is InChI=1S/C43H75N3O8/c1-5-6-7-8-9-10-11-12-25-51-37(47)16-13-29(2)32-14-15-33-41-34(28-36(43(32,33)4)54-40(50)20-24-46)42(3)21-17-31(52-38(48)18-22-44)26-30(42)27-35(41)53-39(49)19-23-45/h29-36,41H,5-28,44-46H2,1-4H3/t29-,30+,31-,32?,33+,34+,35-,36+,41+,42+,43-/m1/s1. The predicted octanol–water partition coefficient (Wildman–Crippen LogP) is 6.75. The van der Waals surface area contributed by atoms with E-state index in [2.05, 4.69) is 27.7 Å². The van der Waals surface area contributed by atoms with Crippen molar-refractivity contribution in [2.24, 2.45) is 63.5 Å². The first-order chi connectivity index (χ1) is 25.9. The minimum absolute atomic E-state index is 0.0904. The number of esters is 4. The van der Waals surface area contributed by atoms with Crippen molar-refractivity contribution >= 4 is 23.9 Å². The van der Waals surface area contributed by atoms with Gasteiger partial charge in [-0.2, -0.15) is 0 Å². The molecule has 0 aromatic rings. The van der Waals surface area contributed by atoms with Gasteiger partial charge in [0.25, 0.3) is 0 Å². The summed E-state index contributed by atoms with van der Waals surface area (Å²) < 4.78 is 24.4. The van der Waals surface area contributed by atoms with Crippen LogP contribution < -0.4 is 17.2 Å². The summed E-state index contributed by atoms with van der Waals surface area (Å²) in [5, 5.41) is 0. The number of ether oxygens (including phenoxy) is 4. The van der Waals surface area contributed by atoms with Crippen LogP contribution >= 0.6 is 0 Å². The largest absolute Gasteiger partial charge is 0.466 e. The molecule has 4 fully saturated rings. The summed E-state index contributed by atoms with van der Waals surface area (Å²) in [6.45, 7) is 10.3. The second-order valence-corrected chi connectivity index (χ2v) is 17.7. The van der Waals surface area contributed by atoms with E-state index >= 15 is 0 Å². The number of unbranched alkanes of at least 4 members (excludes halogenated alkanes) is 7. The molecule has 0 bridgehead atoms. The first-order valence-electron chi connectivity index (χ1n) is 21.8. The molecule has 1 unspecified atom stereocenters. The van der Waals surface area contributed by atoms with E-state index in [0.29, 0.717) is 38.7 Å². The van der Waals surface area contributed by atoms with E-state index in [-0.39, 0.29) is 127 Å². The van der Waals surface area contributed by atoms with Crippen molar-refractivity contribution in [1.82, 2.24) is 0 Å². The van der Waals surface area contributed by atoms with Crippen molar-refractivity contribution in [3.05, 3.63) is 0 Å². The number of nitrogens with two attached hydrogens (primary N) is 3. The number of carbonyl (C=O) groups excluding carboxylic acids is 4. The van der Waals surface area contributed by atoms with Gasteiger partial charge >= 0.3 is 23.9 Å². The molecule has 0 aromatic heterocycles. The lowest BCUT2D eigenvalue weighted by Crippen LogP contribution is -2.63. The highest BCUT2D eigenvalue weighted by Crippen LogP contribution is 2.69. The Labute approximate surface area is 325 Å². The second kappa shape index (κ2) is 21.3. The lowest BCUT2D eigenvalue weighted by Gasteiger charge is -2.64. The van der Waals surface area contributed by atoms with Gasteiger partial charge in [-0.15, -0.1) is 0 Å². The zero-order chi connectivity index (χ0) is 39.3. The fourth-order valence-corrected chi connectivity index (χ4v) is 11.6. The molecular formula is C43H75N3O8. The maximum absolute atomic E-state index is 13.3. The Bertz CT molecular complexity index is 1220. The van der Waals surface area contributed by atoms with Gasteiger partial charge in [0.15, 0.2) is 0 Å². The molecule has 4 aliphatic rings. The van der Waals surface area contributed by atoms with Crippen LogP contribution in [0.3, 0.4) is 0 Å². The Kier molecular flexibility index (Phi) is 17.6. The van der Waals surface area contributed by atoms with Crippen LogP contribution in [0.15, 0.2) is 0 Å². The van der Waals surface area contributed by atoms with Gasteiger partial charge in [0.1, 0.15) is 18.3 Å². The van der Waals surface area contributed by atoms with Gasteiger partial charge in [0.2, 0.25) is 0 Å². The quantitative estimate of drug-likeness (QED) is 0.0603. The Morgan fingerprint density at radius 2 is 1.30 bits per heavy atom. The molecular weight excluding hydrogens is 686 g/mol. The second-order valence-electron chi connectivity index (χ2n) is 17.7. The molecule has 0 heterocycles. The average molecular weight is 762 g/mol. The zero-order valence-electron chi connectivity index (χ0n) is 34.2. The van der Waals surface area contributed by atoms with Crippen molar-refractivity contribution in [1.29, 1.82) is 0 Å². The van der Waals surface area contributed by atoms with Crippen molar-refractivity contribution in [2.45, 2.75) is 174 Å². The van der Waals surface area contributed by atoms with Crippen LogP contribution in [0.1, 0.15) is 156 Å². The maximum Gasteiger partial charge on any atom is 0.307 e. The van der Waals surface area contributed by atoms with Gasteiger partial charge < -0.3 is 36.1 Å². The zero-order valence-corrected chi connectivity index (χ0v) is 34.2.